The maximum Gasteiger partial charge on any atom is 0.320 e. The first-order chi connectivity index (χ1) is 23.3. The van der Waals surface area contributed by atoms with Gasteiger partial charge in [0, 0.05) is 12.2 Å². The van der Waals surface area contributed by atoms with Crippen molar-refractivity contribution < 1.29 is 54.6 Å². The van der Waals surface area contributed by atoms with Gasteiger partial charge in [0.25, 0.3) is 5.91 Å². The highest BCUT2D eigenvalue weighted by molar-refractivity contribution is 5.96. The summed E-state index contributed by atoms with van der Waals surface area (Å²) in [5.74, 6) is -7.47. The van der Waals surface area contributed by atoms with Crippen LogP contribution in [0.5, 0.6) is 0 Å². The maximum absolute atomic E-state index is 13.7. The topological polar surface area (TPSA) is 294 Å². The van der Waals surface area contributed by atoms with Crippen molar-refractivity contribution in [1.82, 2.24) is 26.6 Å². The van der Waals surface area contributed by atoms with Crippen LogP contribution in [-0.4, -0.2) is 99.6 Å². The van der Waals surface area contributed by atoms with Crippen LogP contribution in [0, 0.1) is 24.2 Å². The second-order valence-corrected chi connectivity index (χ2v) is 12.9. The number of aliphatic carboxylic acids is 1. The lowest BCUT2D eigenvalue weighted by Gasteiger charge is -2.30. The number of carboxylic acids is 1. The van der Waals surface area contributed by atoms with Crippen molar-refractivity contribution in [2.75, 3.05) is 6.61 Å². The van der Waals surface area contributed by atoms with E-state index in [4.69, 9.17) is 5.73 Å². The number of nitrogens with one attached hydrogen (secondary N) is 5. The molecule has 0 radical (unpaired) electrons. The number of carbonyl (C=O) groups excluding carboxylic acids is 6. The van der Waals surface area contributed by atoms with Crippen LogP contribution in [0.2, 0.25) is 0 Å². The largest absolute Gasteiger partial charge is 0.551 e. The van der Waals surface area contributed by atoms with Crippen LogP contribution < -0.4 is 38.1 Å². The molecule has 1 aliphatic rings. The highest BCUT2D eigenvalue weighted by Crippen LogP contribution is 2.15. The van der Waals surface area contributed by atoms with Crippen LogP contribution >= 0.6 is 0 Å². The van der Waals surface area contributed by atoms with Crippen molar-refractivity contribution in [3.63, 3.8) is 0 Å². The third-order valence-corrected chi connectivity index (χ3v) is 8.01. The number of aliphatic hydroxyl groups is 2. The van der Waals surface area contributed by atoms with Crippen LogP contribution in [0.3, 0.4) is 0 Å². The Kier molecular flexibility index (Phi) is 17.7. The molecule has 0 unspecified atom stereocenters. The average Bonchev–Trinajstić information content (AvgIpc) is 3.05. The van der Waals surface area contributed by atoms with Gasteiger partial charge in [0.1, 0.15) is 36.8 Å². The first-order valence-electron chi connectivity index (χ1n) is 16.4. The number of hydrogen-bond donors (Lipinski definition) is 10. The van der Waals surface area contributed by atoms with Crippen LogP contribution in [0.25, 0.3) is 0 Å². The van der Waals surface area contributed by atoms with Crippen LogP contribution in [-0.2, 0) is 33.6 Å². The molecule has 0 bridgehead atoms. The second-order valence-electron chi connectivity index (χ2n) is 12.9. The molecule has 17 nitrogen and oxygen atoms in total. The number of nitrogens with two attached hydrogens (primary N) is 1. The molecule has 0 saturated heterocycles. The number of carbonyl (C=O) groups is 7. The van der Waals surface area contributed by atoms with Crippen LogP contribution in [0.4, 0.5) is 0 Å². The molecule has 0 aromatic carbocycles. The van der Waals surface area contributed by atoms with Gasteiger partial charge >= 0.3 is 5.97 Å². The van der Waals surface area contributed by atoms with Crippen molar-refractivity contribution in [3.05, 3.63) is 42.1 Å². The van der Waals surface area contributed by atoms with E-state index in [0.29, 0.717) is 12.0 Å². The summed E-state index contributed by atoms with van der Waals surface area (Å²) < 4.78 is 0. The van der Waals surface area contributed by atoms with Crippen molar-refractivity contribution in [1.29, 1.82) is 0 Å². The van der Waals surface area contributed by atoms with Crippen molar-refractivity contribution in [2.45, 2.75) is 97.1 Å². The fourth-order valence-corrected chi connectivity index (χ4v) is 4.64. The summed E-state index contributed by atoms with van der Waals surface area (Å²) in [5.41, 5.74) is 9.23. The molecule has 280 valence electrons. The van der Waals surface area contributed by atoms with E-state index in [9.17, 15) is 48.9 Å². The van der Waals surface area contributed by atoms with Crippen LogP contribution in [0.15, 0.2) is 35.6 Å². The van der Waals surface area contributed by atoms with E-state index in [0.717, 1.165) is 0 Å². The van der Waals surface area contributed by atoms with Gasteiger partial charge in [-0.05, 0) is 24.2 Å². The Morgan fingerprint density at radius 1 is 0.820 bits per heavy atom. The number of rotatable bonds is 20. The van der Waals surface area contributed by atoms with Crippen molar-refractivity contribution in [2.24, 2.45) is 23.5 Å². The molecule has 6 amide bonds. The second kappa shape index (κ2) is 20.6. The molecule has 0 aromatic rings. The van der Waals surface area contributed by atoms with Gasteiger partial charge in [0.2, 0.25) is 29.5 Å². The van der Waals surface area contributed by atoms with Crippen molar-refractivity contribution >= 4 is 41.4 Å². The Morgan fingerprint density at radius 3 is 1.80 bits per heavy atom. The number of carboxylic acid groups (broad SMARTS) is 1. The minimum atomic E-state index is -1.48. The molecule has 0 saturated carbocycles. The van der Waals surface area contributed by atoms with E-state index in [1.54, 1.807) is 41.5 Å². The number of amides is 6. The molecule has 1 rings (SSSR count). The van der Waals surface area contributed by atoms with Gasteiger partial charge < -0.3 is 53.4 Å². The summed E-state index contributed by atoms with van der Waals surface area (Å²) in [6.45, 7) is 9.46. The molecule has 17 heteroatoms. The summed E-state index contributed by atoms with van der Waals surface area (Å²) >= 11 is 0. The summed E-state index contributed by atoms with van der Waals surface area (Å²) in [4.78, 5) is 89.8. The molecular formula is C33H53N7O10. The van der Waals surface area contributed by atoms with E-state index in [1.165, 1.54) is 30.7 Å². The lowest BCUT2D eigenvalue weighted by molar-refractivity contribution is -0.409. The molecule has 7 atom stereocenters. The molecule has 0 spiro atoms. The average molecular weight is 708 g/mol. The lowest BCUT2D eigenvalue weighted by atomic mass is 9.95. The van der Waals surface area contributed by atoms with Crippen molar-refractivity contribution in [3.8, 4) is 0 Å². The molecule has 50 heavy (non-hydrogen) atoms. The Morgan fingerprint density at radius 2 is 1.34 bits per heavy atom. The Labute approximate surface area is 291 Å². The van der Waals surface area contributed by atoms with Gasteiger partial charge in [-0.25, -0.2) is 0 Å². The quantitative estimate of drug-likeness (QED) is 0.0613. The fourth-order valence-electron chi connectivity index (χ4n) is 4.64. The standard InChI is InChI=1S/C33H52N7O10/c1-7-18(6)27(32(48)39-26(17(4)5)31(47)37-23(33(49)50)14-19-8-10-20(42)11-9-19)40-29(45)22(12-13-24(35)43)36-30(46)25(16(2)3)38-28(44)21(34)15-41/h8-11,14,16-18,21-23,25-27,41-42H,7,12-13,15,34H2,1-6H3,(H2,35,43)(H,36,46)(H,37,47)(H,38,44)(H,39,48)(H,40,45)(H,49,50)/q-1/p+1/t18-,21-,22-,23-,25-,26-,27-/m0/s1. The number of primary amides is 1. The molecule has 0 aliphatic heterocycles. The van der Waals surface area contributed by atoms with Gasteiger partial charge in [0.15, 0.2) is 6.04 Å². The monoisotopic (exact) mass is 707 g/mol. The first-order valence-corrected chi connectivity index (χ1v) is 16.4. The van der Waals surface area contributed by atoms with E-state index in [-0.39, 0.29) is 18.6 Å². The number of hydrogen-bond acceptors (Lipinski definition) is 9. The minimum absolute atomic E-state index is 0.0277. The normalized spacial score (nSPS) is 17.6. The SMILES string of the molecule is CC[C@H](C)[C@H](NC(=O)[C@H](CCC(N)=O)NC(=O)[C@@H](NC(=O)[C@@H]([NH3+])CO)C(C)C)C(=O)N[C@H](C(=O)N[C@@H](/C=C1/C=CC(O)=C[CH-]1)C(=O)O)C(C)C. The van der Waals surface area contributed by atoms with E-state index < -0.39 is 102 Å². The van der Waals surface area contributed by atoms with E-state index in [2.05, 4.69) is 32.3 Å². The molecular weight excluding hydrogens is 654 g/mol. The predicted octanol–water partition coefficient (Wildman–Crippen LogP) is -2.14. The summed E-state index contributed by atoms with van der Waals surface area (Å²) in [6.07, 6.45) is 6.77. The third kappa shape index (κ3) is 13.9. The van der Waals surface area contributed by atoms with Gasteiger partial charge in [-0.3, -0.25) is 33.6 Å². The summed E-state index contributed by atoms with van der Waals surface area (Å²) in [5, 5.41) is 41.2. The lowest BCUT2D eigenvalue weighted by Crippen LogP contribution is -2.71. The summed E-state index contributed by atoms with van der Waals surface area (Å²) in [7, 11) is 0. The highest BCUT2D eigenvalue weighted by atomic mass is 16.4. The predicted molar refractivity (Wildman–Crippen MR) is 181 cm³/mol. The van der Waals surface area contributed by atoms with Gasteiger partial charge in [-0.15, -0.1) is 36.3 Å². The van der Waals surface area contributed by atoms with Gasteiger partial charge in [-0.1, -0.05) is 48.0 Å². The Hall–Kier alpha value is -4.90. The Balaban J connectivity index is 3.24. The minimum Gasteiger partial charge on any atom is -0.551 e. The first kappa shape index (κ1) is 43.1. The van der Waals surface area contributed by atoms with Crippen LogP contribution in [0.1, 0.15) is 60.8 Å². The fraction of sp³-hybridized carbons (Fsp3) is 0.576. The molecule has 1 aliphatic carbocycles. The zero-order valence-electron chi connectivity index (χ0n) is 29.4. The van der Waals surface area contributed by atoms with E-state index in [1.807, 2.05) is 0 Å². The maximum atomic E-state index is 13.7. The number of quaternary nitrogens is 1. The molecule has 13 N–H and O–H groups in total. The third-order valence-electron chi connectivity index (χ3n) is 8.01. The zero-order valence-corrected chi connectivity index (χ0v) is 29.4. The van der Waals surface area contributed by atoms with E-state index >= 15 is 0 Å². The van der Waals surface area contributed by atoms with Gasteiger partial charge in [0.05, 0.1) is 0 Å². The molecule has 0 fully saturated rings. The molecule has 0 heterocycles. The Bertz CT molecular complexity index is 1340. The zero-order chi connectivity index (χ0) is 38.3. The highest BCUT2D eigenvalue weighted by Gasteiger charge is 2.35. The van der Waals surface area contributed by atoms with Gasteiger partial charge in [-0.2, -0.15) is 0 Å². The number of aliphatic hydroxyl groups excluding tert-OH is 2. The number of allylic oxidation sites excluding steroid dienone is 4. The smallest absolute Gasteiger partial charge is 0.320 e. The molecule has 0 aromatic heterocycles. The summed E-state index contributed by atoms with van der Waals surface area (Å²) in [6, 6.07) is -7.48.